The van der Waals surface area contributed by atoms with Crippen LogP contribution in [0.3, 0.4) is 0 Å². The Labute approximate surface area is 85.8 Å². The molecule has 0 spiro atoms. The predicted molar refractivity (Wildman–Crippen MR) is 54.3 cm³/mol. The zero-order valence-electron chi connectivity index (χ0n) is 9.18. The summed E-state index contributed by atoms with van der Waals surface area (Å²) in [7, 11) is 0. The molecule has 1 rings (SSSR count). The quantitative estimate of drug-likeness (QED) is 0.701. The van der Waals surface area contributed by atoms with Crippen LogP contribution in [0.1, 0.15) is 39.8 Å². The Morgan fingerprint density at radius 1 is 0.867 bits per heavy atom. The van der Waals surface area contributed by atoms with Crippen LogP contribution in [-0.4, -0.2) is 9.13 Å². The molecule has 0 saturated carbocycles. The summed E-state index contributed by atoms with van der Waals surface area (Å²) in [6, 6.07) is -0.668. The van der Waals surface area contributed by atoms with Gasteiger partial charge in [-0.15, -0.1) is 0 Å². The van der Waals surface area contributed by atoms with Crippen molar-refractivity contribution in [1.29, 1.82) is 0 Å². The first kappa shape index (κ1) is 11.5. The molecule has 0 amide bonds. The van der Waals surface area contributed by atoms with Gasteiger partial charge in [0.2, 0.25) is 0 Å². The monoisotopic (exact) mass is 214 g/mol. The second kappa shape index (κ2) is 3.88. The predicted octanol–water partition coefficient (Wildman–Crippen LogP) is 0.125. The first-order valence-electron chi connectivity index (χ1n) is 4.74. The van der Waals surface area contributed by atoms with Gasteiger partial charge >= 0.3 is 17.2 Å². The molecule has 0 unspecified atom stereocenters. The lowest BCUT2D eigenvalue weighted by atomic mass is 10.4. The lowest BCUT2D eigenvalue weighted by Crippen LogP contribution is -2.47. The molecule has 0 fully saturated rings. The van der Waals surface area contributed by atoms with Crippen molar-refractivity contribution in [3.63, 3.8) is 0 Å². The van der Waals surface area contributed by atoms with E-state index in [-0.39, 0.29) is 12.1 Å². The van der Waals surface area contributed by atoms with Gasteiger partial charge < -0.3 is 4.42 Å². The molecule has 0 aliphatic rings. The topological polar surface area (TPSA) is 74.2 Å². The van der Waals surface area contributed by atoms with E-state index < -0.39 is 17.2 Å². The average molecular weight is 214 g/mol. The van der Waals surface area contributed by atoms with Crippen LogP contribution in [0.25, 0.3) is 0 Å². The summed E-state index contributed by atoms with van der Waals surface area (Å²) in [6.45, 7) is 6.70. The molecule has 1 aromatic heterocycles. The van der Waals surface area contributed by atoms with Crippen molar-refractivity contribution in [2.45, 2.75) is 39.8 Å². The highest BCUT2D eigenvalue weighted by Crippen LogP contribution is 1.96. The summed E-state index contributed by atoms with van der Waals surface area (Å²) >= 11 is 0. The molecule has 0 aliphatic carbocycles. The van der Waals surface area contributed by atoms with E-state index in [0.29, 0.717) is 0 Å². The Morgan fingerprint density at radius 3 is 1.47 bits per heavy atom. The van der Waals surface area contributed by atoms with Crippen LogP contribution in [0.5, 0.6) is 0 Å². The van der Waals surface area contributed by atoms with Crippen LogP contribution >= 0.6 is 0 Å². The highest BCUT2D eigenvalue weighted by Gasteiger charge is 2.15. The highest BCUT2D eigenvalue weighted by atomic mass is 16.5. The van der Waals surface area contributed by atoms with Crippen LogP contribution in [0.15, 0.2) is 18.8 Å². The molecule has 1 heterocycles. The van der Waals surface area contributed by atoms with Gasteiger partial charge in [-0.3, -0.25) is 0 Å². The van der Waals surface area contributed by atoms with Crippen molar-refractivity contribution in [3.8, 4) is 0 Å². The lowest BCUT2D eigenvalue weighted by Gasteiger charge is -2.11. The molecular formula is C9H14N2O4. The zero-order valence-corrected chi connectivity index (χ0v) is 9.18. The molecule has 15 heavy (non-hydrogen) atoms. The van der Waals surface area contributed by atoms with E-state index in [2.05, 4.69) is 4.42 Å². The van der Waals surface area contributed by atoms with Gasteiger partial charge in [-0.1, -0.05) is 0 Å². The van der Waals surface area contributed by atoms with Crippen LogP contribution in [0, 0.1) is 0 Å². The van der Waals surface area contributed by atoms with Crippen molar-refractivity contribution in [1.82, 2.24) is 9.13 Å². The van der Waals surface area contributed by atoms with E-state index in [4.69, 9.17) is 0 Å². The molecule has 0 N–H and O–H groups in total. The molecular weight excluding hydrogens is 200 g/mol. The summed E-state index contributed by atoms with van der Waals surface area (Å²) in [5.41, 5.74) is -0.624. The molecule has 0 aromatic carbocycles. The Balaban J connectivity index is 3.73. The van der Waals surface area contributed by atoms with Gasteiger partial charge in [-0.05, 0) is 27.7 Å². The smallest absolute Gasteiger partial charge is 0.358 e. The van der Waals surface area contributed by atoms with Gasteiger partial charge in [0, 0.05) is 12.1 Å². The number of aromatic nitrogens is 2. The minimum Gasteiger partial charge on any atom is -0.358 e. The van der Waals surface area contributed by atoms with Gasteiger partial charge in [0.25, 0.3) is 0 Å². The fraction of sp³-hybridized carbons (Fsp3) is 0.667. The Bertz CT molecular complexity index is 475. The minimum absolute atomic E-state index is 0.334. The van der Waals surface area contributed by atoms with E-state index in [1.807, 2.05) is 0 Å². The normalized spacial score (nSPS) is 11.3. The maximum Gasteiger partial charge on any atom is 0.427 e. The summed E-state index contributed by atoms with van der Waals surface area (Å²) in [6.07, 6.45) is 0. The van der Waals surface area contributed by atoms with Crippen molar-refractivity contribution >= 4 is 0 Å². The van der Waals surface area contributed by atoms with Crippen molar-refractivity contribution in [2.24, 2.45) is 0 Å². The number of nitrogens with zero attached hydrogens (tertiary/aromatic N) is 2. The van der Waals surface area contributed by atoms with Crippen LogP contribution in [0.2, 0.25) is 0 Å². The first-order valence-corrected chi connectivity index (χ1v) is 4.74. The zero-order chi connectivity index (χ0) is 11.7. The second-order valence-corrected chi connectivity index (χ2v) is 3.84. The van der Waals surface area contributed by atoms with Gasteiger partial charge in [-0.25, -0.2) is 23.5 Å². The van der Waals surface area contributed by atoms with E-state index in [9.17, 15) is 14.4 Å². The number of rotatable bonds is 2. The Hall–Kier alpha value is -1.59. The lowest BCUT2D eigenvalue weighted by molar-refractivity contribution is 0.295. The standard InChI is InChI=1S/C9H14N2O4/c1-5(2)10-7(12)11(6(3)4)9(14)15-8(10)13/h5-6H,1-4H3. The van der Waals surface area contributed by atoms with Crippen molar-refractivity contribution in [2.75, 3.05) is 0 Å². The van der Waals surface area contributed by atoms with Crippen LogP contribution in [0.4, 0.5) is 0 Å². The van der Waals surface area contributed by atoms with E-state index in [1.54, 1.807) is 27.7 Å². The molecule has 0 radical (unpaired) electrons. The summed E-state index contributed by atoms with van der Waals surface area (Å²) in [4.78, 5) is 34.3. The largest absolute Gasteiger partial charge is 0.427 e. The molecule has 1 aromatic rings. The summed E-state index contributed by atoms with van der Waals surface area (Å²) in [5.74, 6) is -1.81. The fourth-order valence-corrected chi connectivity index (χ4v) is 1.31. The first-order chi connectivity index (χ1) is 6.86. The van der Waals surface area contributed by atoms with Gasteiger partial charge in [0.1, 0.15) is 0 Å². The number of hydrogen-bond donors (Lipinski definition) is 0. The highest BCUT2D eigenvalue weighted by molar-refractivity contribution is 4.75. The van der Waals surface area contributed by atoms with E-state index in [0.717, 1.165) is 9.13 Å². The van der Waals surface area contributed by atoms with Gasteiger partial charge in [0.15, 0.2) is 0 Å². The van der Waals surface area contributed by atoms with Gasteiger partial charge in [-0.2, -0.15) is 0 Å². The number of hydrogen-bond acceptors (Lipinski definition) is 4. The van der Waals surface area contributed by atoms with Crippen LogP contribution in [-0.2, 0) is 0 Å². The van der Waals surface area contributed by atoms with Gasteiger partial charge in [0.05, 0.1) is 0 Å². The SMILES string of the molecule is CC(C)n1c(=O)oc(=O)n(C(C)C)c1=O. The molecule has 0 atom stereocenters. The molecule has 0 aliphatic heterocycles. The minimum atomic E-state index is -0.906. The average Bonchev–Trinajstić information content (AvgIpc) is 1.99. The molecule has 0 bridgehead atoms. The molecule has 84 valence electrons. The third-order valence-electron chi connectivity index (χ3n) is 2.01. The van der Waals surface area contributed by atoms with E-state index >= 15 is 0 Å². The van der Waals surface area contributed by atoms with E-state index in [1.165, 1.54) is 0 Å². The third-order valence-corrected chi connectivity index (χ3v) is 2.01. The molecule has 0 saturated heterocycles. The van der Waals surface area contributed by atoms with Crippen molar-refractivity contribution < 1.29 is 4.42 Å². The Morgan fingerprint density at radius 2 is 1.20 bits per heavy atom. The third kappa shape index (κ3) is 1.93. The molecule has 6 heteroatoms. The van der Waals surface area contributed by atoms with Crippen molar-refractivity contribution in [3.05, 3.63) is 31.6 Å². The maximum absolute atomic E-state index is 11.8. The van der Waals surface area contributed by atoms with Crippen LogP contribution < -0.4 is 17.2 Å². The maximum atomic E-state index is 11.8. The summed E-state index contributed by atoms with van der Waals surface area (Å²) in [5, 5.41) is 0. The molecule has 6 nitrogen and oxygen atoms in total. The fourth-order valence-electron chi connectivity index (χ4n) is 1.31. The summed E-state index contributed by atoms with van der Waals surface area (Å²) < 4.78 is 6.29. The second-order valence-electron chi connectivity index (χ2n) is 3.84. The Kier molecular flexibility index (Phi) is 2.97.